The van der Waals surface area contributed by atoms with Crippen molar-refractivity contribution in [2.45, 2.75) is 70.9 Å². The summed E-state index contributed by atoms with van der Waals surface area (Å²) >= 11 is 0. The fraction of sp³-hybridized carbons (Fsp3) is 0.619. The number of ether oxygens (including phenoxy) is 2. The van der Waals surface area contributed by atoms with E-state index in [0.717, 1.165) is 17.6 Å². The monoisotopic (exact) mass is 376 g/mol. The van der Waals surface area contributed by atoms with Crippen LogP contribution in [-0.4, -0.2) is 46.1 Å². The van der Waals surface area contributed by atoms with Gasteiger partial charge < -0.3 is 19.7 Å². The first-order valence-corrected chi connectivity index (χ1v) is 9.46. The van der Waals surface area contributed by atoms with Gasteiger partial charge in [-0.15, -0.1) is 0 Å². The molecule has 0 aromatic rings. The van der Waals surface area contributed by atoms with Gasteiger partial charge in [0.25, 0.3) is 0 Å². The summed E-state index contributed by atoms with van der Waals surface area (Å²) in [5, 5.41) is 21.3. The lowest BCUT2D eigenvalue weighted by Gasteiger charge is -2.34. The average molecular weight is 376 g/mol. The number of hydrogen-bond donors (Lipinski definition) is 2. The maximum absolute atomic E-state index is 12.5. The zero-order chi connectivity index (χ0) is 20.1. The molecule has 1 aliphatic heterocycles. The minimum Gasteiger partial charge on any atom is -0.458 e. The number of aliphatic hydroxyl groups excluding tert-OH is 1. The molecule has 0 bridgehead atoms. The van der Waals surface area contributed by atoms with Crippen molar-refractivity contribution in [2.24, 2.45) is 11.8 Å². The van der Waals surface area contributed by atoms with E-state index >= 15 is 0 Å². The highest BCUT2D eigenvalue weighted by Gasteiger charge is 2.60. The molecule has 2 fully saturated rings. The number of allylic oxidation sites excluding steroid dienone is 1. The molecule has 0 amide bonds. The third-order valence-corrected chi connectivity index (χ3v) is 6.23. The molecule has 3 rings (SSSR count). The summed E-state index contributed by atoms with van der Waals surface area (Å²) in [7, 11) is 0. The summed E-state index contributed by atoms with van der Waals surface area (Å²) in [4.78, 5) is 24.7. The minimum atomic E-state index is -1.43. The van der Waals surface area contributed by atoms with E-state index in [-0.39, 0.29) is 5.57 Å². The van der Waals surface area contributed by atoms with Crippen molar-refractivity contribution in [3.63, 3.8) is 0 Å². The fourth-order valence-corrected chi connectivity index (χ4v) is 4.69. The normalized spacial score (nSPS) is 39.0. The molecule has 0 radical (unpaired) electrons. The van der Waals surface area contributed by atoms with Gasteiger partial charge in [0.2, 0.25) is 0 Å². The van der Waals surface area contributed by atoms with E-state index in [1.807, 2.05) is 13.8 Å². The Morgan fingerprint density at radius 1 is 1.44 bits per heavy atom. The molecule has 2 N–H and O–H groups in total. The van der Waals surface area contributed by atoms with Crippen LogP contribution in [0.1, 0.15) is 47.0 Å². The Bertz CT molecular complexity index is 744. The van der Waals surface area contributed by atoms with Crippen LogP contribution in [0.15, 0.2) is 34.9 Å². The Labute approximate surface area is 159 Å². The van der Waals surface area contributed by atoms with E-state index in [0.29, 0.717) is 18.4 Å². The van der Waals surface area contributed by atoms with Crippen LogP contribution in [0.3, 0.4) is 0 Å². The van der Waals surface area contributed by atoms with Gasteiger partial charge in [-0.2, -0.15) is 0 Å². The van der Waals surface area contributed by atoms with Crippen LogP contribution < -0.4 is 0 Å². The third-order valence-electron chi connectivity index (χ3n) is 6.23. The lowest BCUT2D eigenvalue weighted by atomic mass is 9.78. The SMILES string of the molecule is C=C1C(=O)O[C@H]2[C@H]1[C@@H](OC(=O)/C(C)=C\CC)CC(C)=C1C[C@H](O)[C@@](C)(O)[C@@H]12. The molecule has 148 valence electrons. The predicted octanol–water partition coefficient (Wildman–Crippen LogP) is 2.20. The van der Waals surface area contributed by atoms with Gasteiger partial charge in [0, 0.05) is 23.5 Å². The van der Waals surface area contributed by atoms with Crippen molar-refractivity contribution < 1.29 is 29.3 Å². The molecule has 6 heteroatoms. The number of carbonyl (C=O) groups excluding carboxylic acids is 2. The van der Waals surface area contributed by atoms with Crippen molar-refractivity contribution in [1.29, 1.82) is 0 Å². The number of hydrogen-bond acceptors (Lipinski definition) is 6. The minimum absolute atomic E-state index is 0.251. The van der Waals surface area contributed by atoms with E-state index in [2.05, 4.69) is 6.58 Å². The molecule has 6 atom stereocenters. The average Bonchev–Trinajstić information content (AvgIpc) is 2.95. The Hall–Kier alpha value is -1.92. The van der Waals surface area contributed by atoms with Gasteiger partial charge in [-0.05, 0) is 33.6 Å². The number of aliphatic hydroxyl groups is 2. The first kappa shape index (κ1) is 19.8. The second-order valence-electron chi connectivity index (χ2n) is 8.09. The van der Waals surface area contributed by atoms with E-state index in [4.69, 9.17) is 9.47 Å². The summed E-state index contributed by atoms with van der Waals surface area (Å²) in [6.07, 6.45) is 0.990. The van der Waals surface area contributed by atoms with E-state index in [9.17, 15) is 19.8 Å². The number of esters is 2. The van der Waals surface area contributed by atoms with Gasteiger partial charge in [-0.25, -0.2) is 9.59 Å². The van der Waals surface area contributed by atoms with Crippen molar-refractivity contribution in [3.05, 3.63) is 34.9 Å². The topological polar surface area (TPSA) is 93.1 Å². The second-order valence-corrected chi connectivity index (χ2v) is 8.09. The molecule has 0 aromatic heterocycles. The number of fused-ring (bicyclic) bond motifs is 3. The van der Waals surface area contributed by atoms with Gasteiger partial charge in [0.15, 0.2) is 0 Å². The third kappa shape index (κ3) is 3.15. The van der Waals surface area contributed by atoms with E-state index < -0.39 is 47.7 Å². The van der Waals surface area contributed by atoms with Crippen LogP contribution in [0, 0.1) is 11.8 Å². The maximum Gasteiger partial charge on any atom is 0.334 e. The Morgan fingerprint density at radius 2 is 2.11 bits per heavy atom. The molecule has 0 spiro atoms. The molecular weight excluding hydrogens is 348 g/mol. The highest BCUT2D eigenvalue weighted by Crippen LogP contribution is 2.52. The number of rotatable bonds is 3. The smallest absolute Gasteiger partial charge is 0.334 e. The number of carbonyl (C=O) groups is 2. The zero-order valence-electron chi connectivity index (χ0n) is 16.3. The van der Waals surface area contributed by atoms with Gasteiger partial charge in [0.1, 0.15) is 12.2 Å². The van der Waals surface area contributed by atoms with Gasteiger partial charge in [-0.1, -0.05) is 30.7 Å². The standard InChI is InChI=1S/C21H28O6/c1-6-7-10(2)19(23)26-14-8-11(3)13-9-15(22)21(5,25)17(13)18-16(14)12(4)20(24)27-18/h7,14-18,22,25H,4,6,8-9H2,1-3,5H3/b10-7-/t14-,15-,16+,17-,18-,21+/m0/s1. The summed E-state index contributed by atoms with van der Waals surface area (Å²) in [5.41, 5.74) is 1.17. The molecule has 2 aliphatic carbocycles. The summed E-state index contributed by atoms with van der Waals surface area (Å²) in [6.45, 7) is 11.0. The molecule has 0 aromatic carbocycles. The largest absolute Gasteiger partial charge is 0.458 e. The summed E-state index contributed by atoms with van der Waals surface area (Å²) < 4.78 is 11.3. The second kappa shape index (κ2) is 6.91. The van der Waals surface area contributed by atoms with Crippen molar-refractivity contribution in [1.82, 2.24) is 0 Å². The highest BCUT2D eigenvalue weighted by molar-refractivity contribution is 5.92. The van der Waals surface area contributed by atoms with Gasteiger partial charge >= 0.3 is 11.9 Å². The first-order valence-electron chi connectivity index (χ1n) is 9.46. The van der Waals surface area contributed by atoms with E-state index in [1.54, 1.807) is 19.9 Å². The Morgan fingerprint density at radius 3 is 2.74 bits per heavy atom. The van der Waals surface area contributed by atoms with Crippen LogP contribution in [0.5, 0.6) is 0 Å². The maximum atomic E-state index is 12.5. The van der Waals surface area contributed by atoms with Crippen LogP contribution in [-0.2, 0) is 19.1 Å². The molecular formula is C21H28O6. The summed E-state index contributed by atoms with van der Waals surface area (Å²) in [5.74, 6) is -2.06. The van der Waals surface area contributed by atoms with Crippen LogP contribution in [0.2, 0.25) is 0 Å². The molecule has 0 unspecified atom stereocenters. The zero-order valence-corrected chi connectivity index (χ0v) is 16.3. The lowest BCUT2D eigenvalue weighted by molar-refractivity contribution is -0.153. The van der Waals surface area contributed by atoms with Crippen molar-refractivity contribution in [2.75, 3.05) is 0 Å². The lowest BCUT2D eigenvalue weighted by Crippen LogP contribution is -2.48. The Kier molecular flexibility index (Phi) is 5.08. The van der Waals surface area contributed by atoms with Gasteiger partial charge in [-0.3, -0.25) is 0 Å². The van der Waals surface area contributed by atoms with Gasteiger partial charge in [0.05, 0.1) is 17.6 Å². The van der Waals surface area contributed by atoms with Crippen LogP contribution in [0.4, 0.5) is 0 Å². The quantitative estimate of drug-likeness (QED) is 0.446. The van der Waals surface area contributed by atoms with E-state index in [1.165, 1.54) is 0 Å². The Balaban J connectivity index is 2.01. The molecule has 3 aliphatic rings. The molecule has 6 nitrogen and oxygen atoms in total. The molecule has 1 saturated heterocycles. The predicted molar refractivity (Wildman–Crippen MR) is 98.5 cm³/mol. The summed E-state index contributed by atoms with van der Waals surface area (Å²) in [6, 6.07) is 0. The van der Waals surface area contributed by atoms with Crippen LogP contribution in [0.25, 0.3) is 0 Å². The molecule has 27 heavy (non-hydrogen) atoms. The van der Waals surface area contributed by atoms with Crippen molar-refractivity contribution in [3.8, 4) is 0 Å². The molecule has 1 heterocycles. The first-order chi connectivity index (χ1) is 12.6. The molecule has 1 saturated carbocycles. The highest BCUT2D eigenvalue weighted by atomic mass is 16.6. The van der Waals surface area contributed by atoms with Crippen LogP contribution >= 0.6 is 0 Å². The van der Waals surface area contributed by atoms with Crippen molar-refractivity contribution >= 4 is 11.9 Å². The fourth-order valence-electron chi connectivity index (χ4n) is 4.69.